The van der Waals surface area contributed by atoms with Crippen LogP contribution >= 0.6 is 0 Å². The van der Waals surface area contributed by atoms with Gasteiger partial charge in [0.15, 0.2) is 0 Å². The van der Waals surface area contributed by atoms with E-state index in [9.17, 15) is 8.78 Å². The number of aryl methyl sites for hydroxylation is 1. The summed E-state index contributed by atoms with van der Waals surface area (Å²) in [5, 5.41) is 1.03. The molecule has 0 saturated heterocycles. The molecule has 0 spiro atoms. The molecule has 0 unspecified atom stereocenters. The smallest absolute Gasteiger partial charge is 0.126 e. The van der Waals surface area contributed by atoms with Crippen molar-refractivity contribution in [2.75, 3.05) is 0 Å². The number of hydrogen-bond donors (Lipinski definition) is 1. The van der Waals surface area contributed by atoms with Gasteiger partial charge in [-0.05, 0) is 36.8 Å². The summed E-state index contributed by atoms with van der Waals surface area (Å²) in [6.45, 7) is 2.00. The van der Waals surface area contributed by atoms with Gasteiger partial charge in [0.25, 0.3) is 0 Å². The van der Waals surface area contributed by atoms with Crippen LogP contribution in [0.1, 0.15) is 5.56 Å². The quantitative estimate of drug-likeness (QED) is 0.651. The number of halogens is 2. The molecule has 0 atom stereocenters. The lowest BCUT2D eigenvalue weighted by atomic mass is 10.1. The Balaban J connectivity index is 2.19. The number of benzene rings is 2. The van der Waals surface area contributed by atoms with Crippen LogP contribution in [0.15, 0.2) is 42.5 Å². The molecule has 1 nitrogen and oxygen atoms in total. The third-order valence-corrected chi connectivity index (χ3v) is 2.95. The summed E-state index contributed by atoms with van der Waals surface area (Å²) in [6.07, 6.45) is 0. The summed E-state index contributed by atoms with van der Waals surface area (Å²) in [6, 6.07) is 11.4. The number of nitrogens with one attached hydrogen (secondary N) is 1. The Kier molecular flexibility index (Phi) is 2.40. The summed E-state index contributed by atoms with van der Waals surface area (Å²) in [5.74, 6) is -1.14. The summed E-state index contributed by atoms with van der Waals surface area (Å²) >= 11 is 0. The summed E-state index contributed by atoms with van der Waals surface area (Å²) in [5.41, 5.74) is 3.34. The second kappa shape index (κ2) is 3.95. The van der Waals surface area contributed by atoms with E-state index in [0.717, 1.165) is 22.5 Å². The lowest BCUT2D eigenvalue weighted by Gasteiger charge is -1.98. The molecule has 0 aliphatic rings. The van der Waals surface area contributed by atoms with Crippen LogP contribution in [0.3, 0.4) is 0 Å². The second-order valence-electron chi connectivity index (χ2n) is 4.43. The molecule has 18 heavy (non-hydrogen) atoms. The first kappa shape index (κ1) is 11.0. The van der Waals surface area contributed by atoms with Gasteiger partial charge in [0.05, 0.1) is 0 Å². The van der Waals surface area contributed by atoms with Crippen molar-refractivity contribution in [3.8, 4) is 11.3 Å². The molecule has 3 rings (SSSR count). The van der Waals surface area contributed by atoms with Crippen LogP contribution in [0.5, 0.6) is 0 Å². The van der Waals surface area contributed by atoms with Crippen LogP contribution in [0.2, 0.25) is 0 Å². The minimum absolute atomic E-state index is 0.515. The fourth-order valence-electron chi connectivity index (χ4n) is 2.11. The Morgan fingerprint density at radius 2 is 1.61 bits per heavy atom. The zero-order chi connectivity index (χ0) is 12.7. The Labute approximate surface area is 103 Å². The number of hydrogen-bond acceptors (Lipinski definition) is 0. The maximum atomic E-state index is 13.2. The molecule has 3 heteroatoms. The number of rotatable bonds is 1. The van der Waals surface area contributed by atoms with Crippen LogP contribution in [0.25, 0.3) is 22.2 Å². The average Bonchev–Trinajstić information content (AvgIpc) is 2.70. The highest BCUT2D eigenvalue weighted by atomic mass is 19.1. The van der Waals surface area contributed by atoms with E-state index < -0.39 is 11.6 Å². The molecular formula is C15H11F2N. The molecule has 2 aromatic carbocycles. The van der Waals surface area contributed by atoms with Gasteiger partial charge in [0.2, 0.25) is 0 Å². The van der Waals surface area contributed by atoms with Crippen LogP contribution in [0, 0.1) is 18.6 Å². The molecule has 0 aliphatic carbocycles. The van der Waals surface area contributed by atoms with Gasteiger partial charge < -0.3 is 4.98 Å². The van der Waals surface area contributed by atoms with Crippen LogP contribution in [-0.2, 0) is 0 Å². The molecule has 1 heterocycles. The van der Waals surface area contributed by atoms with Crippen molar-refractivity contribution in [2.45, 2.75) is 6.92 Å². The van der Waals surface area contributed by atoms with Gasteiger partial charge in [-0.1, -0.05) is 12.1 Å². The van der Waals surface area contributed by atoms with Crippen molar-refractivity contribution in [3.63, 3.8) is 0 Å². The number of fused-ring (bicyclic) bond motifs is 1. The van der Waals surface area contributed by atoms with Gasteiger partial charge in [-0.2, -0.15) is 0 Å². The predicted molar refractivity (Wildman–Crippen MR) is 68.4 cm³/mol. The summed E-state index contributed by atoms with van der Waals surface area (Å²) in [7, 11) is 0. The van der Waals surface area contributed by atoms with Crippen LogP contribution in [0.4, 0.5) is 8.78 Å². The lowest BCUT2D eigenvalue weighted by Crippen LogP contribution is -1.83. The van der Waals surface area contributed by atoms with Gasteiger partial charge in [-0.3, -0.25) is 0 Å². The number of H-pyrrole nitrogens is 1. The Morgan fingerprint density at radius 3 is 2.33 bits per heavy atom. The fourth-order valence-corrected chi connectivity index (χ4v) is 2.11. The maximum Gasteiger partial charge on any atom is 0.126 e. The molecule has 0 saturated carbocycles. The first-order chi connectivity index (χ1) is 8.61. The molecule has 1 N–H and O–H groups in total. The molecule has 3 aromatic rings. The summed E-state index contributed by atoms with van der Waals surface area (Å²) < 4.78 is 26.4. The van der Waals surface area contributed by atoms with Crippen molar-refractivity contribution < 1.29 is 8.78 Å². The minimum Gasteiger partial charge on any atom is -0.355 e. The molecule has 90 valence electrons. The van der Waals surface area contributed by atoms with Crippen molar-refractivity contribution >= 4 is 10.9 Å². The highest BCUT2D eigenvalue weighted by molar-refractivity contribution is 5.86. The standard InChI is InChI=1S/C15H11F2N/c1-9-2-3-10-7-15(18-14(10)4-9)11-5-12(16)8-13(17)6-11/h2-8,18H,1H3. The van der Waals surface area contributed by atoms with E-state index >= 15 is 0 Å². The Hall–Kier alpha value is -2.16. The van der Waals surface area contributed by atoms with Crippen molar-refractivity contribution in [1.82, 2.24) is 4.98 Å². The molecular weight excluding hydrogens is 232 g/mol. The molecule has 0 radical (unpaired) electrons. The molecule has 0 aliphatic heterocycles. The van der Waals surface area contributed by atoms with Crippen molar-refractivity contribution in [3.05, 3.63) is 59.7 Å². The van der Waals surface area contributed by atoms with Gasteiger partial charge in [-0.25, -0.2) is 8.78 Å². The van der Waals surface area contributed by atoms with Gasteiger partial charge in [0.1, 0.15) is 11.6 Å². The first-order valence-electron chi connectivity index (χ1n) is 5.68. The van der Waals surface area contributed by atoms with Crippen LogP contribution < -0.4 is 0 Å². The largest absolute Gasteiger partial charge is 0.355 e. The fraction of sp³-hybridized carbons (Fsp3) is 0.0667. The SMILES string of the molecule is Cc1ccc2cc(-c3cc(F)cc(F)c3)[nH]c2c1. The number of aromatic nitrogens is 1. The maximum absolute atomic E-state index is 13.2. The summed E-state index contributed by atoms with van der Waals surface area (Å²) in [4.78, 5) is 3.17. The van der Waals surface area contributed by atoms with E-state index in [1.165, 1.54) is 12.1 Å². The predicted octanol–water partition coefficient (Wildman–Crippen LogP) is 4.42. The Bertz CT molecular complexity index is 708. The highest BCUT2D eigenvalue weighted by Crippen LogP contribution is 2.26. The Morgan fingerprint density at radius 1 is 0.889 bits per heavy atom. The van der Waals surface area contributed by atoms with Gasteiger partial charge >= 0.3 is 0 Å². The highest BCUT2D eigenvalue weighted by Gasteiger charge is 2.06. The van der Waals surface area contributed by atoms with E-state index in [1.807, 2.05) is 31.2 Å². The molecule has 0 bridgehead atoms. The van der Waals surface area contributed by atoms with Gasteiger partial charge in [0, 0.05) is 28.2 Å². The lowest BCUT2D eigenvalue weighted by molar-refractivity contribution is 0.584. The second-order valence-corrected chi connectivity index (χ2v) is 4.43. The third-order valence-electron chi connectivity index (χ3n) is 2.95. The minimum atomic E-state index is -0.570. The normalized spacial score (nSPS) is 11.1. The molecule has 1 aromatic heterocycles. The van der Waals surface area contributed by atoms with Gasteiger partial charge in [-0.15, -0.1) is 0 Å². The zero-order valence-electron chi connectivity index (χ0n) is 9.80. The molecule has 0 fully saturated rings. The van der Waals surface area contributed by atoms with Crippen molar-refractivity contribution in [2.24, 2.45) is 0 Å². The third kappa shape index (κ3) is 1.88. The number of aromatic amines is 1. The zero-order valence-corrected chi connectivity index (χ0v) is 9.80. The topological polar surface area (TPSA) is 15.8 Å². The van der Waals surface area contributed by atoms with E-state index in [4.69, 9.17) is 0 Å². The monoisotopic (exact) mass is 243 g/mol. The van der Waals surface area contributed by atoms with Crippen LogP contribution in [-0.4, -0.2) is 4.98 Å². The van der Waals surface area contributed by atoms with E-state index in [1.54, 1.807) is 0 Å². The molecule has 0 amide bonds. The van der Waals surface area contributed by atoms with Crippen molar-refractivity contribution in [1.29, 1.82) is 0 Å². The average molecular weight is 243 g/mol. The van der Waals surface area contributed by atoms with E-state index in [-0.39, 0.29) is 0 Å². The van der Waals surface area contributed by atoms with E-state index in [2.05, 4.69) is 4.98 Å². The first-order valence-corrected chi connectivity index (χ1v) is 5.68. The van der Waals surface area contributed by atoms with E-state index in [0.29, 0.717) is 11.3 Å².